The van der Waals surface area contributed by atoms with Crippen LogP contribution in [0.5, 0.6) is 0 Å². The molecular weight excluding hydrogens is 452 g/mol. The summed E-state index contributed by atoms with van der Waals surface area (Å²) in [6, 6.07) is 11.0. The monoisotopic (exact) mass is 470 g/mol. The SMILES string of the molecule is Cc1c(Cl)cccc1NC(=O)C1CCCCN1S(=O)(=O)c1ccc(Br)cc1. The summed E-state index contributed by atoms with van der Waals surface area (Å²) in [4.78, 5) is 13.1. The largest absolute Gasteiger partial charge is 0.324 e. The van der Waals surface area contributed by atoms with Gasteiger partial charge in [0.1, 0.15) is 6.04 Å². The predicted octanol–water partition coefficient (Wildman–Crippen LogP) is 4.59. The molecule has 1 amide bonds. The molecule has 0 aliphatic carbocycles. The molecule has 0 bridgehead atoms. The Bertz CT molecular complexity index is 948. The highest BCUT2D eigenvalue weighted by atomic mass is 79.9. The molecule has 1 atom stereocenters. The Morgan fingerprint density at radius 1 is 1.19 bits per heavy atom. The summed E-state index contributed by atoms with van der Waals surface area (Å²) in [5, 5.41) is 3.40. The van der Waals surface area contributed by atoms with Crippen molar-refractivity contribution in [1.29, 1.82) is 0 Å². The van der Waals surface area contributed by atoms with Gasteiger partial charge in [-0.25, -0.2) is 8.42 Å². The lowest BCUT2D eigenvalue weighted by Crippen LogP contribution is -2.49. The van der Waals surface area contributed by atoms with E-state index < -0.39 is 16.1 Å². The number of nitrogens with zero attached hydrogens (tertiary/aromatic N) is 1. The second-order valence-electron chi connectivity index (χ2n) is 6.48. The first-order chi connectivity index (χ1) is 12.8. The number of hydrogen-bond donors (Lipinski definition) is 1. The van der Waals surface area contributed by atoms with Crippen LogP contribution in [0.3, 0.4) is 0 Å². The quantitative estimate of drug-likeness (QED) is 0.709. The molecule has 0 saturated carbocycles. The molecule has 1 aliphatic heterocycles. The van der Waals surface area contributed by atoms with Crippen LogP contribution in [-0.2, 0) is 14.8 Å². The van der Waals surface area contributed by atoms with Crippen LogP contribution in [-0.4, -0.2) is 31.2 Å². The van der Waals surface area contributed by atoms with Gasteiger partial charge in [0.15, 0.2) is 0 Å². The number of carbonyl (C=O) groups excluding carboxylic acids is 1. The van der Waals surface area contributed by atoms with Crippen molar-refractivity contribution in [3.63, 3.8) is 0 Å². The fourth-order valence-corrected chi connectivity index (χ4v) is 5.25. The summed E-state index contributed by atoms with van der Waals surface area (Å²) >= 11 is 9.43. The third-order valence-corrected chi connectivity index (χ3v) is 7.56. The van der Waals surface area contributed by atoms with Crippen LogP contribution in [0.15, 0.2) is 51.8 Å². The van der Waals surface area contributed by atoms with Crippen molar-refractivity contribution in [2.75, 3.05) is 11.9 Å². The molecule has 1 N–H and O–H groups in total. The fourth-order valence-electron chi connectivity index (χ4n) is 3.16. The summed E-state index contributed by atoms with van der Waals surface area (Å²) < 4.78 is 28.3. The number of nitrogens with one attached hydrogen (secondary N) is 1. The molecule has 0 radical (unpaired) electrons. The molecule has 1 heterocycles. The van der Waals surface area contributed by atoms with Crippen LogP contribution >= 0.6 is 27.5 Å². The molecule has 3 rings (SSSR count). The smallest absolute Gasteiger partial charge is 0.243 e. The number of benzene rings is 2. The summed E-state index contributed by atoms with van der Waals surface area (Å²) in [5.74, 6) is -0.333. The van der Waals surface area contributed by atoms with E-state index in [1.807, 2.05) is 6.92 Å². The van der Waals surface area contributed by atoms with Crippen LogP contribution in [0.1, 0.15) is 24.8 Å². The topological polar surface area (TPSA) is 66.5 Å². The van der Waals surface area contributed by atoms with Crippen molar-refractivity contribution in [2.24, 2.45) is 0 Å². The van der Waals surface area contributed by atoms with Crippen molar-refractivity contribution < 1.29 is 13.2 Å². The van der Waals surface area contributed by atoms with Crippen LogP contribution < -0.4 is 5.32 Å². The van der Waals surface area contributed by atoms with Crippen LogP contribution in [0.2, 0.25) is 5.02 Å². The van der Waals surface area contributed by atoms with E-state index in [1.165, 1.54) is 4.31 Å². The Labute approximate surface area is 172 Å². The van der Waals surface area contributed by atoms with Gasteiger partial charge in [0.25, 0.3) is 0 Å². The average molecular weight is 472 g/mol. The minimum Gasteiger partial charge on any atom is -0.324 e. The summed E-state index contributed by atoms with van der Waals surface area (Å²) in [6.45, 7) is 2.14. The van der Waals surface area contributed by atoms with Gasteiger partial charge >= 0.3 is 0 Å². The van der Waals surface area contributed by atoms with E-state index in [-0.39, 0.29) is 10.8 Å². The molecule has 0 spiro atoms. The van der Waals surface area contributed by atoms with Crippen LogP contribution in [0.4, 0.5) is 5.69 Å². The van der Waals surface area contributed by atoms with Crippen LogP contribution in [0.25, 0.3) is 0 Å². The average Bonchev–Trinajstić information content (AvgIpc) is 2.66. The predicted molar refractivity (Wildman–Crippen MR) is 110 cm³/mol. The second-order valence-corrected chi connectivity index (χ2v) is 9.70. The van der Waals surface area contributed by atoms with E-state index in [2.05, 4.69) is 21.2 Å². The summed E-state index contributed by atoms with van der Waals surface area (Å²) in [7, 11) is -3.76. The molecule has 144 valence electrons. The van der Waals surface area contributed by atoms with Crippen molar-refractivity contribution >= 4 is 49.1 Å². The Balaban J connectivity index is 1.87. The molecule has 2 aromatic rings. The first-order valence-electron chi connectivity index (χ1n) is 8.64. The van der Waals surface area contributed by atoms with Gasteiger partial charge in [0, 0.05) is 21.7 Å². The normalized spacial score (nSPS) is 18.3. The van der Waals surface area contributed by atoms with E-state index in [1.54, 1.807) is 42.5 Å². The summed E-state index contributed by atoms with van der Waals surface area (Å²) in [6.07, 6.45) is 2.02. The van der Waals surface area contributed by atoms with E-state index in [4.69, 9.17) is 11.6 Å². The summed E-state index contributed by atoms with van der Waals surface area (Å²) in [5.41, 5.74) is 1.35. The number of anilines is 1. The number of piperidine rings is 1. The van der Waals surface area contributed by atoms with Gasteiger partial charge < -0.3 is 5.32 Å². The Hall–Kier alpha value is -1.41. The van der Waals surface area contributed by atoms with Crippen molar-refractivity contribution in [3.8, 4) is 0 Å². The van der Waals surface area contributed by atoms with Crippen molar-refractivity contribution in [1.82, 2.24) is 4.31 Å². The Morgan fingerprint density at radius 3 is 2.59 bits per heavy atom. The number of sulfonamides is 1. The maximum Gasteiger partial charge on any atom is 0.243 e. The van der Waals surface area contributed by atoms with Crippen molar-refractivity contribution in [3.05, 3.63) is 57.5 Å². The number of hydrogen-bond acceptors (Lipinski definition) is 3. The zero-order valence-corrected chi connectivity index (χ0v) is 17.9. The number of carbonyl (C=O) groups is 1. The van der Waals surface area contributed by atoms with Gasteiger partial charge in [-0.2, -0.15) is 4.31 Å². The van der Waals surface area contributed by atoms with Gasteiger partial charge in [0.05, 0.1) is 4.90 Å². The highest BCUT2D eigenvalue weighted by Crippen LogP contribution is 2.28. The maximum absolute atomic E-state index is 13.1. The molecular formula is C19H20BrClN2O3S. The first-order valence-corrected chi connectivity index (χ1v) is 11.2. The number of amides is 1. The minimum absolute atomic E-state index is 0.185. The lowest BCUT2D eigenvalue weighted by molar-refractivity contribution is -0.120. The zero-order valence-electron chi connectivity index (χ0n) is 14.8. The van der Waals surface area contributed by atoms with E-state index >= 15 is 0 Å². The number of rotatable bonds is 4. The van der Waals surface area contributed by atoms with Gasteiger partial charge in [-0.15, -0.1) is 0 Å². The van der Waals surface area contributed by atoms with Crippen molar-refractivity contribution in [2.45, 2.75) is 37.1 Å². The maximum atomic E-state index is 13.1. The third kappa shape index (κ3) is 4.37. The van der Waals surface area contributed by atoms with E-state index in [0.717, 1.165) is 22.9 Å². The minimum atomic E-state index is -3.76. The number of halogens is 2. The lowest BCUT2D eigenvalue weighted by atomic mass is 10.0. The fraction of sp³-hybridized carbons (Fsp3) is 0.316. The Morgan fingerprint density at radius 2 is 1.89 bits per heavy atom. The molecule has 8 heteroatoms. The van der Waals surface area contributed by atoms with Gasteiger partial charge in [0.2, 0.25) is 15.9 Å². The van der Waals surface area contributed by atoms with E-state index in [9.17, 15) is 13.2 Å². The molecule has 1 unspecified atom stereocenters. The van der Waals surface area contributed by atoms with E-state index in [0.29, 0.717) is 23.7 Å². The molecule has 27 heavy (non-hydrogen) atoms. The molecule has 0 aromatic heterocycles. The van der Waals surface area contributed by atoms with Gasteiger partial charge in [-0.3, -0.25) is 4.79 Å². The zero-order chi connectivity index (χ0) is 19.6. The van der Waals surface area contributed by atoms with Gasteiger partial charge in [-0.05, 0) is 61.7 Å². The standard InChI is InChI=1S/C19H20BrClN2O3S/c1-13-16(21)5-4-6-17(13)22-19(24)18-7-2-3-12-23(18)27(25,26)15-10-8-14(20)9-11-15/h4-6,8-11,18H,2-3,7,12H2,1H3,(H,22,24). The molecule has 2 aromatic carbocycles. The van der Waals surface area contributed by atoms with Crippen LogP contribution in [0, 0.1) is 6.92 Å². The lowest BCUT2D eigenvalue weighted by Gasteiger charge is -2.33. The molecule has 1 aliphatic rings. The molecule has 1 saturated heterocycles. The third-order valence-electron chi connectivity index (χ3n) is 4.70. The molecule has 5 nitrogen and oxygen atoms in total. The Kier molecular flexibility index (Phi) is 6.25. The second kappa shape index (κ2) is 8.31. The van der Waals surface area contributed by atoms with Gasteiger partial charge in [-0.1, -0.05) is 40.0 Å². The first kappa shape index (κ1) is 20.3. The molecule has 1 fully saturated rings. The highest BCUT2D eigenvalue weighted by molar-refractivity contribution is 9.10. The highest BCUT2D eigenvalue weighted by Gasteiger charge is 2.37.